The number of hydrogen-bond acceptors (Lipinski definition) is 2. The zero-order valence-electron chi connectivity index (χ0n) is 5.63. The Morgan fingerprint density at radius 1 is 1.38 bits per heavy atom. The maximum atomic E-state index is 8.61. The third kappa shape index (κ3) is 1.78. The molecule has 0 aromatic carbocycles. The highest BCUT2D eigenvalue weighted by molar-refractivity contribution is 4.16. The number of hydrogen-bond donors (Lipinski definition) is 2. The Labute approximate surface area is 49.8 Å². The molecule has 3 nitrogen and oxygen atoms in total. The highest BCUT2D eigenvalue weighted by Crippen LogP contribution is 1.97. The lowest BCUT2D eigenvalue weighted by molar-refractivity contribution is -0.959. The van der Waals surface area contributed by atoms with E-state index in [0.717, 1.165) is 6.54 Å². The third-order valence-corrected chi connectivity index (χ3v) is 1.44. The predicted octanol–water partition coefficient (Wildman–Crippen LogP) is -0.649. The van der Waals surface area contributed by atoms with E-state index in [4.69, 9.17) is 10.2 Å². The maximum absolute atomic E-state index is 8.61. The van der Waals surface area contributed by atoms with Gasteiger partial charge in [-0.25, -0.2) is 0 Å². The molecule has 0 aliphatic heterocycles. The fraction of sp³-hybridized carbons (Fsp3) is 1.00. The molecule has 0 saturated heterocycles. The lowest BCUT2D eigenvalue weighted by atomic mass is 10.5. The van der Waals surface area contributed by atoms with Gasteiger partial charge >= 0.3 is 6.41 Å². The molecule has 0 heterocycles. The van der Waals surface area contributed by atoms with Crippen molar-refractivity contribution in [3.05, 3.63) is 0 Å². The Morgan fingerprint density at radius 3 is 1.75 bits per heavy atom. The van der Waals surface area contributed by atoms with Crippen LogP contribution in [-0.4, -0.2) is 41.8 Å². The van der Waals surface area contributed by atoms with E-state index in [9.17, 15) is 0 Å². The van der Waals surface area contributed by atoms with Gasteiger partial charge in [-0.05, 0) is 6.92 Å². The summed E-state index contributed by atoms with van der Waals surface area (Å²) >= 11 is 0. The van der Waals surface area contributed by atoms with Gasteiger partial charge in [0.1, 0.15) is 0 Å². The van der Waals surface area contributed by atoms with Crippen LogP contribution in [-0.2, 0) is 0 Å². The summed E-state index contributed by atoms with van der Waals surface area (Å²) in [5.74, 6) is 0. The van der Waals surface area contributed by atoms with Gasteiger partial charge in [0.2, 0.25) is 0 Å². The number of aliphatic hydroxyl groups is 2. The van der Waals surface area contributed by atoms with Gasteiger partial charge in [0.05, 0.1) is 20.6 Å². The van der Waals surface area contributed by atoms with Gasteiger partial charge in [-0.15, -0.1) is 0 Å². The van der Waals surface area contributed by atoms with Gasteiger partial charge in [0.25, 0.3) is 0 Å². The van der Waals surface area contributed by atoms with Crippen molar-refractivity contribution in [1.29, 1.82) is 0 Å². The predicted molar refractivity (Wildman–Crippen MR) is 30.9 cm³/mol. The molecule has 0 aromatic rings. The van der Waals surface area contributed by atoms with Gasteiger partial charge in [-0.2, -0.15) is 0 Å². The largest absolute Gasteiger partial charge is 0.322 e. The molecule has 2 N–H and O–H groups in total. The summed E-state index contributed by atoms with van der Waals surface area (Å²) in [6, 6.07) is 0. The van der Waals surface area contributed by atoms with Gasteiger partial charge in [-0.1, -0.05) is 0 Å². The molecule has 50 valence electrons. The number of quaternary nitrogens is 1. The first-order chi connectivity index (χ1) is 3.50. The molecule has 0 rings (SSSR count). The summed E-state index contributed by atoms with van der Waals surface area (Å²) in [6.07, 6.45) is -1.25. The average Bonchev–Trinajstić information content (AvgIpc) is 1.67. The van der Waals surface area contributed by atoms with E-state index in [1.165, 1.54) is 0 Å². The number of nitrogens with zero attached hydrogens (tertiary/aromatic N) is 1. The highest BCUT2D eigenvalue weighted by atomic mass is 16.5. The molecule has 0 saturated carbocycles. The van der Waals surface area contributed by atoms with Gasteiger partial charge in [0.15, 0.2) is 0 Å². The van der Waals surface area contributed by atoms with E-state index in [2.05, 4.69) is 0 Å². The van der Waals surface area contributed by atoms with Crippen LogP contribution in [0.4, 0.5) is 0 Å². The molecule has 0 aliphatic carbocycles. The topological polar surface area (TPSA) is 40.5 Å². The minimum atomic E-state index is -1.25. The van der Waals surface area contributed by atoms with Crippen molar-refractivity contribution in [3.63, 3.8) is 0 Å². The fourth-order valence-corrected chi connectivity index (χ4v) is 0.163. The zero-order chi connectivity index (χ0) is 6.78. The van der Waals surface area contributed by atoms with Crippen LogP contribution in [0.1, 0.15) is 6.92 Å². The number of rotatable bonds is 2. The molecular formula is C5H14NO2+. The Morgan fingerprint density at radius 2 is 1.75 bits per heavy atom. The first-order valence-electron chi connectivity index (χ1n) is 2.69. The number of aliphatic hydroxyl groups excluding tert-OH is 1. The van der Waals surface area contributed by atoms with Crippen LogP contribution in [0.5, 0.6) is 0 Å². The summed E-state index contributed by atoms with van der Waals surface area (Å²) in [5.41, 5.74) is 0. The van der Waals surface area contributed by atoms with E-state index in [0.29, 0.717) is 0 Å². The van der Waals surface area contributed by atoms with Crippen molar-refractivity contribution >= 4 is 0 Å². The maximum Gasteiger partial charge on any atom is 0.303 e. The zero-order valence-corrected chi connectivity index (χ0v) is 5.63. The van der Waals surface area contributed by atoms with Gasteiger partial charge in [-0.3, -0.25) is 4.48 Å². The van der Waals surface area contributed by atoms with Crippen LogP contribution < -0.4 is 0 Å². The highest BCUT2D eigenvalue weighted by Gasteiger charge is 2.19. The SMILES string of the molecule is CC[N+](C)(C)C(O)O. The summed E-state index contributed by atoms with van der Waals surface area (Å²) in [6.45, 7) is 2.62. The van der Waals surface area contributed by atoms with E-state index in [1.54, 1.807) is 14.1 Å². The summed E-state index contributed by atoms with van der Waals surface area (Å²) in [7, 11) is 3.51. The molecule has 0 unspecified atom stereocenters. The monoisotopic (exact) mass is 120 g/mol. The molecule has 0 spiro atoms. The Kier molecular flexibility index (Phi) is 2.40. The second-order valence-electron chi connectivity index (χ2n) is 2.44. The normalized spacial score (nSPS) is 12.8. The van der Waals surface area contributed by atoms with Crippen molar-refractivity contribution in [2.75, 3.05) is 20.6 Å². The molecular weight excluding hydrogens is 106 g/mol. The fourth-order valence-electron chi connectivity index (χ4n) is 0.163. The standard InChI is InChI=1S/C5H14NO2/c1-4-6(2,3)5(7)8/h5,7-8H,4H2,1-3H3/q+1. The smallest absolute Gasteiger partial charge is 0.303 e. The van der Waals surface area contributed by atoms with Crippen LogP contribution in [0.2, 0.25) is 0 Å². The van der Waals surface area contributed by atoms with Crippen molar-refractivity contribution < 1.29 is 14.7 Å². The van der Waals surface area contributed by atoms with Crippen LogP contribution in [0.15, 0.2) is 0 Å². The minimum Gasteiger partial charge on any atom is -0.322 e. The van der Waals surface area contributed by atoms with E-state index in [-0.39, 0.29) is 4.48 Å². The molecule has 0 aromatic heterocycles. The molecule has 8 heavy (non-hydrogen) atoms. The molecule has 0 bridgehead atoms. The van der Waals surface area contributed by atoms with Crippen molar-refractivity contribution in [2.24, 2.45) is 0 Å². The van der Waals surface area contributed by atoms with Gasteiger partial charge < -0.3 is 10.2 Å². The van der Waals surface area contributed by atoms with Crippen LogP contribution in [0, 0.1) is 0 Å². The van der Waals surface area contributed by atoms with Crippen molar-refractivity contribution in [1.82, 2.24) is 0 Å². The average molecular weight is 120 g/mol. The third-order valence-electron chi connectivity index (χ3n) is 1.44. The van der Waals surface area contributed by atoms with Crippen LogP contribution >= 0.6 is 0 Å². The summed E-state index contributed by atoms with van der Waals surface area (Å²) in [4.78, 5) is 0. The summed E-state index contributed by atoms with van der Waals surface area (Å²) in [5, 5.41) is 17.2. The van der Waals surface area contributed by atoms with E-state index in [1.807, 2.05) is 6.92 Å². The van der Waals surface area contributed by atoms with Gasteiger partial charge in [0, 0.05) is 0 Å². The second kappa shape index (κ2) is 2.44. The summed E-state index contributed by atoms with van der Waals surface area (Å²) < 4.78 is 0.236. The second-order valence-corrected chi connectivity index (χ2v) is 2.44. The Balaban J connectivity index is 3.71. The molecule has 0 amide bonds. The quantitative estimate of drug-likeness (QED) is 0.375. The molecule has 0 fully saturated rings. The molecule has 0 atom stereocenters. The van der Waals surface area contributed by atoms with Crippen LogP contribution in [0.25, 0.3) is 0 Å². The first-order valence-corrected chi connectivity index (χ1v) is 2.69. The molecule has 0 radical (unpaired) electrons. The Hall–Kier alpha value is -0.120. The lowest BCUT2D eigenvalue weighted by Gasteiger charge is -2.28. The minimum absolute atomic E-state index is 0.236. The van der Waals surface area contributed by atoms with E-state index >= 15 is 0 Å². The van der Waals surface area contributed by atoms with E-state index < -0.39 is 6.41 Å². The first kappa shape index (κ1) is 7.88. The molecule has 0 aliphatic rings. The Bertz CT molecular complexity index is 70.8. The van der Waals surface area contributed by atoms with Crippen LogP contribution in [0.3, 0.4) is 0 Å². The molecule has 3 heteroatoms. The van der Waals surface area contributed by atoms with Crippen molar-refractivity contribution in [3.8, 4) is 0 Å². The lowest BCUT2D eigenvalue weighted by Crippen LogP contribution is -2.48. The van der Waals surface area contributed by atoms with Crippen molar-refractivity contribution in [2.45, 2.75) is 13.3 Å².